The molecule has 1 heterocycles. The predicted molar refractivity (Wildman–Crippen MR) is 84.8 cm³/mol. The van der Waals surface area contributed by atoms with E-state index in [1.54, 1.807) is 18.1 Å². The lowest BCUT2D eigenvalue weighted by Crippen LogP contribution is -2.26. The number of rotatable bonds is 6. The summed E-state index contributed by atoms with van der Waals surface area (Å²) in [6, 6.07) is 7.56. The molecule has 0 aliphatic rings. The number of hydrogen-bond acceptors (Lipinski definition) is 5. The Morgan fingerprint density at radius 1 is 1.43 bits per heavy atom. The van der Waals surface area contributed by atoms with Gasteiger partial charge in [0, 0.05) is 44.7 Å². The van der Waals surface area contributed by atoms with E-state index in [1.807, 2.05) is 54.9 Å². The lowest BCUT2D eigenvalue weighted by atomic mass is 10.2. The summed E-state index contributed by atoms with van der Waals surface area (Å²) in [5.41, 5.74) is 1.68. The maximum atomic E-state index is 12.1. The molecule has 0 atom stereocenters. The Labute approximate surface area is 128 Å². The molecular weight excluding hydrogens is 286 g/mol. The van der Waals surface area contributed by atoms with E-state index < -0.39 is 0 Å². The number of aromatic nitrogens is 3. The molecule has 7 heteroatoms. The van der Waals surface area contributed by atoms with E-state index >= 15 is 0 Å². The number of amides is 1. The van der Waals surface area contributed by atoms with Crippen molar-refractivity contribution in [1.29, 1.82) is 0 Å². The van der Waals surface area contributed by atoms with Gasteiger partial charge < -0.3 is 14.8 Å². The number of anilines is 1. The van der Waals surface area contributed by atoms with Crippen LogP contribution in [0.2, 0.25) is 0 Å². The zero-order chi connectivity index (χ0) is 15.2. The molecule has 2 aromatic rings. The van der Waals surface area contributed by atoms with Gasteiger partial charge in [-0.2, -0.15) is 0 Å². The summed E-state index contributed by atoms with van der Waals surface area (Å²) in [7, 11) is 5.80. The van der Waals surface area contributed by atoms with Gasteiger partial charge in [0.05, 0.1) is 0 Å². The predicted octanol–water partition coefficient (Wildman–Crippen LogP) is 1.40. The van der Waals surface area contributed by atoms with E-state index in [0.717, 1.165) is 16.6 Å². The average Bonchev–Trinajstić information content (AvgIpc) is 2.89. The third-order valence-corrected chi connectivity index (χ3v) is 3.95. The van der Waals surface area contributed by atoms with Crippen LogP contribution in [-0.2, 0) is 7.05 Å². The van der Waals surface area contributed by atoms with E-state index in [4.69, 9.17) is 0 Å². The Kier molecular flexibility index (Phi) is 5.21. The van der Waals surface area contributed by atoms with Crippen LogP contribution in [0.15, 0.2) is 35.7 Å². The second kappa shape index (κ2) is 7.12. The number of carbonyl (C=O) groups is 1. The molecule has 0 saturated heterocycles. The average molecular weight is 305 g/mol. The Balaban J connectivity index is 1.82. The van der Waals surface area contributed by atoms with Crippen molar-refractivity contribution in [1.82, 2.24) is 20.1 Å². The molecule has 0 saturated carbocycles. The third kappa shape index (κ3) is 4.22. The molecule has 2 rings (SSSR count). The van der Waals surface area contributed by atoms with Crippen LogP contribution in [0.4, 0.5) is 5.69 Å². The fourth-order valence-electron chi connectivity index (χ4n) is 1.74. The highest BCUT2D eigenvalue weighted by molar-refractivity contribution is 7.99. The van der Waals surface area contributed by atoms with E-state index in [-0.39, 0.29) is 5.91 Å². The van der Waals surface area contributed by atoms with Crippen LogP contribution >= 0.6 is 11.8 Å². The zero-order valence-electron chi connectivity index (χ0n) is 12.4. The monoisotopic (exact) mass is 305 g/mol. The van der Waals surface area contributed by atoms with Gasteiger partial charge in [0.1, 0.15) is 6.33 Å². The molecule has 1 N–H and O–H groups in total. The van der Waals surface area contributed by atoms with Crippen molar-refractivity contribution in [2.75, 3.05) is 31.3 Å². The van der Waals surface area contributed by atoms with Gasteiger partial charge in [-0.15, -0.1) is 10.2 Å². The van der Waals surface area contributed by atoms with E-state index in [0.29, 0.717) is 12.1 Å². The summed E-state index contributed by atoms with van der Waals surface area (Å²) >= 11 is 1.57. The lowest BCUT2D eigenvalue weighted by Gasteiger charge is -2.13. The van der Waals surface area contributed by atoms with Crippen LogP contribution in [0.25, 0.3) is 0 Å². The molecule has 1 aromatic carbocycles. The minimum Gasteiger partial charge on any atom is -0.378 e. The minimum absolute atomic E-state index is 0.0581. The fraction of sp³-hybridized carbons (Fsp3) is 0.357. The van der Waals surface area contributed by atoms with E-state index in [9.17, 15) is 4.79 Å². The SMILES string of the molecule is CN(C)c1cccc(C(=O)NCCSc2nncn2C)c1. The van der Waals surface area contributed by atoms with Gasteiger partial charge in [0.15, 0.2) is 5.16 Å². The highest BCUT2D eigenvalue weighted by Gasteiger charge is 2.07. The van der Waals surface area contributed by atoms with Crippen LogP contribution in [0.5, 0.6) is 0 Å². The van der Waals surface area contributed by atoms with Crippen molar-refractivity contribution < 1.29 is 4.79 Å². The van der Waals surface area contributed by atoms with Gasteiger partial charge in [-0.3, -0.25) is 4.79 Å². The summed E-state index contributed by atoms with van der Waals surface area (Å²) in [6.07, 6.45) is 1.66. The molecule has 0 spiro atoms. The molecule has 0 bridgehead atoms. The van der Waals surface area contributed by atoms with Gasteiger partial charge in [0.2, 0.25) is 0 Å². The largest absolute Gasteiger partial charge is 0.378 e. The smallest absolute Gasteiger partial charge is 0.251 e. The molecule has 0 radical (unpaired) electrons. The quantitative estimate of drug-likeness (QED) is 0.646. The molecule has 1 amide bonds. The second-order valence-corrected chi connectivity index (χ2v) is 5.84. The first kappa shape index (κ1) is 15.4. The maximum absolute atomic E-state index is 12.1. The van der Waals surface area contributed by atoms with E-state index in [1.165, 1.54) is 0 Å². The van der Waals surface area contributed by atoms with Crippen LogP contribution in [-0.4, -0.2) is 47.1 Å². The highest BCUT2D eigenvalue weighted by Crippen LogP contribution is 2.14. The first-order valence-corrected chi connectivity index (χ1v) is 7.59. The summed E-state index contributed by atoms with van der Waals surface area (Å²) in [4.78, 5) is 14.0. The summed E-state index contributed by atoms with van der Waals surface area (Å²) in [5, 5.41) is 11.5. The Morgan fingerprint density at radius 3 is 2.90 bits per heavy atom. The van der Waals surface area contributed by atoms with Crippen LogP contribution in [0.3, 0.4) is 0 Å². The first-order chi connectivity index (χ1) is 10.1. The van der Waals surface area contributed by atoms with Crippen molar-refractivity contribution in [3.05, 3.63) is 36.2 Å². The van der Waals surface area contributed by atoms with Gasteiger partial charge in [0.25, 0.3) is 5.91 Å². The molecule has 1 aromatic heterocycles. The molecule has 0 fully saturated rings. The van der Waals surface area contributed by atoms with Crippen LogP contribution in [0, 0.1) is 0 Å². The minimum atomic E-state index is -0.0581. The number of thioether (sulfide) groups is 1. The van der Waals surface area contributed by atoms with Gasteiger partial charge in [-0.1, -0.05) is 17.8 Å². The maximum Gasteiger partial charge on any atom is 0.251 e. The Hall–Kier alpha value is -2.02. The number of aryl methyl sites for hydroxylation is 1. The third-order valence-electron chi connectivity index (χ3n) is 2.91. The Morgan fingerprint density at radius 2 is 2.24 bits per heavy atom. The molecule has 6 nitrogen and oxygen atoms in total. The molecular formula is C14H19N5OS. The van der Waals surface area contributed by atoms with Crippen molar-refractivity contribution in [3.63, 3.8) is 0 Å². The normalized spacial score (nSPS) is 10.4. The number of nitrogens with one attached hydrogen (secondary N) is 1. The topological polar surface area (TPSA) is 63.1 Å². The number of benzene rings is 1. The van der Waals surface area contributed by atoms with Gasteiger partial charge in [-0.05, 0) is 18.2 Å². The van der Waals surface area contributed by atoms with Crippen molar-refractivity contribution >= 4 is 23.4 Å². The fourth-order valence-corrected chi connectivity index (χ4v) is 2.48. The van der Waals surface area contributed by atoms with Crippen LogP contribution < -0.4 is 10.2 Å². The lowest BCUT2D eigenvalue weighted by molar-refractivity contribution is 0.0956. The zero-order valence-corrected chi connectivity index (χ0v) is 13.2. The summed E-state index contributed by atoms with van der Waals surface area (Å²) in [6.45, 7) is 0.586. The van der Waals surface area contributed by atoms with Crippen LogP contribution in [0.1, 0.15) is 10.4 Å². The van der Waals surface area contributed by atoms with Gasteiger partial charge in [-0.25, -0.2) is 0 Å². The first-order valence-electron chi connectivity index (χ1n) is 6.60. The number of nitrogens with zero attached hydrogens (tertiary/aromatic N) is 4. The number of hydrogen-bond donors (Lipinski definition) is 1. The standard InChI is InChI=1S/C14H19N5OS/c1-18(2)12-6-4-5-11(9-12)13(20)15-7-8-21-14-17-16-10-19(14)3/h4-6,9-10H,7-8H2,1-3H3,(H,15,20). The Bertz CT molecular complexity index is 611. The molecule has 0 unspecified atom stereocenters. The van der Waals surface area contributed by atoms with Crippen molar-refractivity contribution in [3.8, 4) is 0 Å². The summed E-state index contributed by atoms with van der Waals surface area (Å²) in [5.74, 6) is 0.698. The highest BCUT2D eigenvalue weighted by atomic mass is 32.2. The molecule has 0 aliphatic carbocycles. The van der Waals surface area contributed by atoms with Crippen molar-refractivity contribution in [2.45, 2.75) is 5.16 Å². The second-order valence-electron chi connectivity index (χ2n) is 4.77. The number of carbonyl (C=O) groups excluding carboxylic acids is 1. The van der Waals surface area contributed by atoms with Gasteiger partial charge >= 0.3 is 0 Å². The molecule has 112 valence electrons. The molecule has 21 heavy (non-hydrogen) atoms. The van der Waals surface area contributed by atoms with Crippen molar-refractivity contribution in [2.24, 2.45) is 7.05 Å². The molecule has 0 aliphatic heterocycles. The summed E-state index contributed by atoms with van der Waals surface area (Å²) < 4.78 is 1.85. The van der Waals surface area contributed by atoms with E-state index in [2.05, 4.69) is 15.5 Å².